The molecule has 0 aliphatic rings. The molecule has 36 heavy (non-hydrogen) atoms. The van der Waals surface area contributed by atoms with Crippen LogP contribution in [0.4, 0.5) is 5.69 Å². The van der Waals surface area contributed by atoms with Crippen molar-refractivity contribution in [2.45, 2.75) is 72.5 Å². The second-order valence-corrected chi connectivity index (χ2v) is 12.2. The third-order valence-corrected chi connectivity index (χ3v) is 7.87. The lowest BCUT2D eigenvalue weighted by atomic mass is 10.1. The molecule has 0 radical (unpaired) electrons. The number of hydrogen-bond acceptors (Lipinski definition) is 4. The topological polar surface area (TPSA) is 86.8 Å². The number of carbonyl (C=O) groups is 2. The summed E-state index contributed by atoms with van der Waals surface area (Å²) in [5, 5.41) is 2.96. The monoisotopic (exact) mass is 579 g/mol. The number of rotatable bonds is 12. The number of aryl methyl sites for hydroxylation is 2. The average molecular weight is 581 g/mol. The van der Waals surface area contributed by atoms with E-state index in [1.807, 2.05) is 70.2 Å². The minimum Gasteiger partial charge on any atom is -0.352 e. The Balaban J connectivity index is 2.21. The van der Waals surface area contributed by atoms with E-state index in [4.69, 9.17) is 0 Å². The van der Waals surface area contributed by atoms with Gasteiger partial charge >= 0.3 is 0 Å². The Kier molecular flexibility index (Phi) is 11.0. The number of halogens is 1. The molecule has 0 unspecified atom stereocenters. The lowest BCUT2D eigenvalue weighted by Crippen LogP contribution is -2.49. The van der Waals surface area contributed by atoms with Crippen LogP contribution < -0.4 is 9.62 Å². The van der Waals surface area contributed by atoms with Crippen LogP contribution in [0.25, 0.3) is 0 Å². The second kappa shape index (κ2) is 13.2. The number of benzene rings is 2. The maximum absolute atomic E-state index is 13.4. The van der Waals surface area contributed by atoms with E-state index in [-0.39, 0.29) is 37.4 Å². The number of anilines is 1. The van der Waals surface area contributed by atoms with Gasteiger partial charge < -0.3 is 10.2 Å². The summed E-state index contributed by atoms with van der Waals surface area (Å²) in [6.07, 6.45) is 2.41. The van der Waals surface area contributed by atoms with Gasteiger partial charge in [-0.15, -0.1) is 0 Å². The highest BCUT2D eigenvalue weighted by Crippen LogP contribution is 2.25. The molecule has 2 aromatic carbocycles. The molecule has 2 rings (SSSR count). The van der Waals surface area contributed by atoms with Gasteiger partial charge in [0.05, 0.1) is 11.9 Å². The van der Waals surface area contributed by atoms with E-state index in [9.17, 15) is 18.0 Å². The van der Waals surface area contributed by atoms with Gasteiger partial charge in [-0.3, -0.25) is 13.9 Å². The molecular weight excluding hydrogens is 542 g/mol. The van der Waals surface area contributed by atoms with Crippen molar-refractivity contribution in [3.63, 3.8) is 0 Å². The van der Waals surface area contributed by atoms with E-state index < -0.39 is 16.1 Å². The maximum atomic E-state index is 13.4. The number of nitrogens with one attached hydrogen (secondary N) is 1. The number of nitrogens with zero attached hydrogens (tertiary/aromatic N) is 2. The summed E-state index contributed by atoms with van der Waals surface area (Å²) in [6, 6.07) is 12.6. The van der Waals surface area contributed by atoms with E-state index >= 15 is 0 Å². The first-order valence-electron chi connectivity index (χ1n) is 12.2. The van der Waals surface area contributed by atoms with Crippen molar-refractivity contribution in [1.82, 2.24) is 10.2 Å². The van der Waals surface area contributed by atoms with Gasteiger partial charge in [0.1, 0.15) is 6.04 Å². The summed E-state index contributed by atoms with van der Waals surface area (Å²) in [7, 11) is -3.54. The maximum Gasteiger partial charge on any atom is 0.242 e. The molecule has 0 fully saturated rings. The molecule has 0 bridgehead atoms. The first kappa shape index (κ1) is 29.8. The summed E-state index contributed by atoms with van der Waals surface area (Å²) < 4.78 is 27.4. The zero-order valence-electron chi connectivity index (χ0n) is 22.0. The molecule has 0 spiro atoms. The first-order chi connectivity index (χ1) is 16.8. The molecular formula is C27H38BrN3O4S. The lowest BCUT2D eigenvalue weighted by Gasteiger charge is -2.30. The molecule has 1 N–H and O–H groups in total. The van der Waals surface area contributed by atoms with Gasteiger partial charge in [-0.25, -0.2) is 8.42 Å². The van der Waals surface area contributed by atoms with Crippen molar-refractivity contribution in [3.05, 3.63) is 63.6 Å². The normalized spacial score (nSPS) is 13.1. The molecule has 2 atom stereocenters. The van der Waals surface area contributed by atoms with Gasteiger partial charge in [0.15, 0.2) is 0 Å². The third-order valence-electron chi connectivity index (χ3n) is 6.20. The van der Waals surface area contributed by atoms with Gasteiger partial charge in [-0.2, -0.15) is 0 Å². The highest BCUT2D eigenvalue weighted by atomic mass is 79.9. The van der Waals surface area contributed by atoms with Crippen LogP contribution in [0, 0.1) is 13.8 Å². The lowest BCUT2D eigenvalue weighted by molar-refractivity contribution is -0.140. The van der Waals surface area contributed by atoms with Crippen LogP contribution in [0.2, 0.25) is 0 Å². The predicted molar refractivity (Wildman–Crippen MR) is 149 cm³/mol. The molecule has 0 aromatic heterocycles. The number of hydrogen-bond donors (Lipinski definition) is 1. The van der Waals surface area contributed by atoms with Gasteiger partial charge in [-0.1, -0.05) is 47.1 Å². The molecule has 0 aliphatic carbocycles. The molecule has 0 saturated heterocycles. The Hall–Kier alpha value is -2.39. The SMILES string of the molecule is CC[C@@H](C)NC(=O)[C@H](C)N(Cc1cccc(Br)c1)C(=O)CCCN(c1cc(C)ccc1C)S(C)(=O)=O. The first-order valence-corrected chi connectivity index (χ1v) is 14.9. The van der Waals surface area contributed by atoms with Crippen molar-refractivity contribution in [3.8, 4) is 0 Å². The summed E-state index contributed by atoms with van der Waals surface area (Å²) in [6.45, 7) is 9.88. The summed E-state index contributed by atoms with van der Waals surface area (Å²) in [4.78, 5) is 27.8. The summed E-state index contributed by atoms with van der Waals surface area (Å²) >= 11 is 3.46. The quantitative estimate of drug-likeness (QED) is 0.385. The number of sulfonamides is 1. The molecule has 2 amide bonds. The minimum absolute atomic E-state index is 0.00339. The molecule has 9 heteroatoms. The Morgan fingerprint density at radius 2 is 1.78 bits per heavy atom. The van der Waals surface area contributed by atoms with Crippen LogP contribution in [0.1, 0.15) is 56.7 Å². The number of amides is 2. The Morgan fingerprint density at radius 3 is 2.39 bits per heavy atom. The Morgan fingerprint density at radius 1 is 1.08 bits per heavy atom. The fourth-order valence-electron chi connectivity index (χ4n) is 3.85. The smallest absolute Gasteiger partial charge is 0.242 e. The summed E-state index contributed by atoms with van der Waals surface area (Å²) in [5.41, 5.74) is 3.33. The van der Waals surface area contributed by atoms with Crippen molar-refractivity contribution < 1.29 is 18.0 Å². The van der Waals surface area contributed by atoms with Crippen molar-refractivity contribution in [2.75, 3.05) is 17.1 Å². The van der Waals surface area contributed by atoms with Crippen LogP contribution in [-0.4, -0.2) is 50.0 Å². The van der Waals surface area contributed by atoms with Gasteiger partial charge in [0.25, 0.3) is 0 Å². The molecule has 0 aliphatic heterocycles. The minimum atomic E-state index is -3.54. The third kappa shape index (κ3) is 8.62. The highest BCUT2D eigenvalue weighted by molar-refractivity contribution is 9.10. The van der Waals surface area contributed by atoms with Crippen LogP contribution in [0.3, 0.4) is 0 Å². The zero-order valence-corrected chi connectivity index (χ0v) is 24.4. The van der Waals surface area contributed by atoms with Gasteiger partial charge in [0.2, 0.25) is 21.8 Å². The molecule has 0 saturated carbocycles. The van der Waals surface area contributed by atoms with Gasteiger partial charge in [0, 0.05) is 30.0 Å². The van der Waals surface area contributed by atoms with Crippen LogP contribution in [0.5, 0.6) is 0 Å². The fourth-order valence-corrected chi connectivity index (χ4v) is 5.31. The van der Waals surface area contributed by atoms with E-state index in [1.165, 1.54) is 10.6 Å². The van der Waals surface area contributed by atoms with Crippen LogP contribution >= 0.6 is 15.9 Å². The highest BCUT2D eigenvalue weighted by Gasteiger charge is 2.27. The molecule has 0 heterocycles. The molecule has 2 aromatic rings. The zero-order chi connectivity index (χ0) is 27.0. The fraction of sp³-hybridized carbons (Fsp3) is 0.481. The molecule has 7 nitrogen and oxygen atoms in total. The van der Waals surface area contributed by atoms with Crippen molar-refractivity contribution in [2.24, 2.45) is 0 Å². The van der Waals surface area contributed by atoms with E-state index in [0.717, 1.165) is 27.6 Å². The largest absolute Gasteiger partial charge is 0.352 e. The molecule has 198 valence electrons. The Labute approximate surface area is 224 Å². The summed E-state index contributed by atoms with van der Waals surface area (Å²) in [5.74, 6) is -0.406. The number of carbonyl (C=O) groups excluding carboxylic acids is 2. The second-order valence-electron chi connectivity index (χ2n) is 9.37. The van der Waals surface area contributed by atoms with Gasteiger partial charge in [-0.05, 0) is 75.4 Å². The van der Waals surface area contributed by atoms with E-state index in [1.54, 1.807) is 11.8 Å². The van der Waals surface area contributed by atoms with Crippen molar-refractivity contribution >= 4 is 43.5 Å². The van der Waals surface area contributed by atoms with E-state index in [2.05, 4.69) is 21.2 Å². The standard InChI is InChI=1S/C27H38BrN3O4S/c1-7-21(4)29-27(33)22(5)30(18-23-10-8-11-24(28)17-23)26(32)12-9-15-31(36(6,34)35)25-16-19(2)13-14-20(25)3/h8,10-11,13-14,16-17,21-22H,7,9,12,15,18H2,1-6H3,(H,29,33)/t21-,22+/m1/s1. The van der Waals surface area contributed by atoms with E-state index in [0.29, 0.717) is 12.1 Å². The van der Waals surface area contributed by atoms with Crippen molar-refractivity contribution in [1.29, 1.82) is 0 Å². The van der Waals surface area contributed by atoms with Crippen LogP contribution in [0.15, 0.2) is 46.9 Å². The Bertz CT molecular complexity index is 1170. The van der Waals surface area contributed by atoms with Crippen LogP contribution in [-0.2, 0) is 26.2 Å². The average Bonchev–Trinajstić information content (AvgIpc) is 2.80. The predicted octanol–water partition coefficient (Wildman–Crippen LogP) is 4.94.